The van der Waals surface area contributed by atoms with E-state index in [4.69, 9.17) is 0 Å². The minimum absolute atomic E-state index is 0. The van der Waals surface area contributed by atoms with E-state index < -0.39 is 0 Å². The Kier molecular flexibility index (Phi) is 7.78. The number of hydrogen-bond acceptors (Lipinski definition) is 1. The zero-order valence-corrected chi connectivity index (χ0v) is 9.77. The molecule has 0 radical (unpaired) electrons. The number of benzene rings is 1. The number of hydrogen-bond donors (Lipinski definition) is 2. The molecule has 0 heterocycles. The molecule has 0 aromatic heterocycles. The molecule has 1 rings (SSSR count). The van der Waals surface area contributed by atoms with Gasteiger partial charge in [0, 0.05) is 39.7 Å². The van der Waals surface area contributed by atoms with Crippen molar-refractivity contribution in [2.24, 2.45) is 0 Å². The van der Waals surface area contributed by atoms with Gasteiger partial charge in [0.2, 0.25) is 0 Å². The summed E-state index contributed by atoms with van der Waals surface area (Å²) in [4.78, 5) is 11.0. The van der Waals surface area contributed by atoms with E-state index in [0.717, 1.165) is 5.69 Å². The van der Waals surface area contributed by atoms with Gasteiger partial charge in [0.15, 0.2) is 0 Å². The minimum Gasteiger partial charge on any atom is -0.355 e. The van der Waals surface area contributed by atoms with Gasteiger partial charge in [0.25, 0.3) is 5.91 Å². The molecule has 0 atom stereocenters. The van der Waals surface area contributed by atoms with E-state index >= 15 is 0 Å². The molecule has 1 aromatic carbocycles. The Morgan fingerprint density at radius 3 is 2.54 bits per heavy atom. The zero-order valence-electron chi connectivity index (χ0n) is 6.83. The standard InChI is InChI=1S/C8H10N2O.CH4.W/c1-10-8(11)6-3-2-4-7(9)5-6;;/h2-5H,9H2,1H3,(H,10,11);1H4;/p+1. The largest absolute Gasteiger partial charge is 0.355 e. The third kappa shape index (κ3) is 4.20. The molecule has 0 bridgehead atoms. The molecule has 0 aliphatic rings. The molecule has 4 heteroatoms. The molecule has 72 valence electrons. The van der Waals surface area contributed by atoms with Crippen LogP contribution in [0.4, 0.5) is 5.69 Å². The first-order chi connectivity index (χ1) is 5.24. The molecule has 0 saturated heterocycles. The minimum atomic E-state index is -0.0736. The molecule has 4 N–H and O–H groups in total. The first-order valence-corrected chi connectivity index (χ1v) is 3.38. The Labute approximate surface area is 93.0 Å². The SMILES string of the molecule is C.CNC(=O)c1cccc([NH3+])c1.[W]. The van der Waals surface area contributed by atoms with Crippen molar-refractivity contribution in [3.05, 3.63) is 29.8 Å². The molecule has 3 nitrogen and oxygen atoms in total. The average Bonchev–Trinajstić information content (AvgIpc) is 2.03. The summed E-state index contributed by atoms with van der Waals surface area (Å²) in [6.07, 6.45) is 0. The molecule has 13 heavy (non-hydrogen) atoms. The molecule has 0 saturated carbocycles. The number of carbonyl (C=O) groups is 1. The summed E-state index contributed by atoms with van der Waals surface area (Å²) in [6.45, 7) is 0. The van der Waals surface area contributed by atoms with Gasteiger partial charge in [-0.3, -0.25) is 4.79 Å². The molecule has 0 fully saturated rings. The Morgan fingerprint density at radius 2 is 2.08 bits per heavy atom. The van der Waals surface area contributed by atoms with Gasteiger partial charge in [-0.25, -0.2) is 0 Å². The van der Waals surface area contributed by atoms with Gasteiger partial charge in [-0.15, -0.1) is 0 Å². The summed E-state index contributed by atoms with van der Waals surface area (Å²) in [6, 6.07) is 7.17. The van der Waals surface area contributed by atoms with Crippen LogP contribution in [0.1, 0.15) is 17.8 Å². The Balaban J connectivity index is 0. The first kappa shape index (κ1) is 14.8. The predicted octanol–water partition coefficient (Wildman–Crippen LogP) is 0.553. The summed E-state index contributed by atoms with van der Waals surface area (Å²) < 4.78 is 0. The van der Waals surface area contributed by atoms with Crippen molar-refractivity contribution in [2.75, 3.05) is 7.05 Å². The van der Waals surface area contributed by atoms with Crippen molar-refractivity contribution in [1.82, 2.24) is 5.32 Å². The van der Waals surface area contributed by atoms with Gasteiger partial charge < -0.3 is 11.1 Å². The average molecular weight is 351 g/mol. The molecular weight excluding hydrogens is 336 g/mol. The van der Waals surface area contributed by atoms with Crippen LogP contribution in [0.2, 0.25) is 0 Å². The van der Waals surface area contributed by atoms with Gasteiger partial charge in [-0.2, -0.15) is 0 Å². The Hall–Kier alpha value is -0.662. The van der Waals surface area contributed by atoms with Crippen molar-refractivity contribution < 1.29 is 31.6 Å². The van der Waals surface area contributed by atoms with Gasteiger partial charge in [-0.05, 0) is 12.1 Å². The molecule has 0 unspecified atom stereocenters. The zero-order chi connectivity index (χ0) is 8.27. The second-order valence-corrected chi connectivity index (χ2v) is 2.28. The number of amides is 1. The fraction of sp³-hybridized carbons (Fsp3) is 0.222. The maximum absolute atomic E-state index is 11.0. The Morgan fingerprint density at radius 1 is 1.46 bits per heavy atom. The van der Waals surface area contributed by atoms with Crippen LogP contribution >= 0.6 is 0 Å². The van der Waals surface area contributed by atoms with E-state index in [9.17, 15) is 4.79 Å². The van der Waals surface area contributed by atoms with Crippen molar-refractivity contribution in [2.45, 2.75) is 7.43 Å². The quantitative estimate of drug-likeness (QED) is 0.763. The maximum atomic E-state index is 11.0. The van der Waals surface area contributed by atoms with E-state index in [1.54, 1.807) is 19.2 Å². The summed E-state index contributed by atoms with van der Waals surface area (Å²) in [5.41, 5.74) is 5.22. The predicted molar refractivity (Wildman–Crippen MR) is 49.1 cm³/mol. The third-order valence-corrected chi connectivity index (χ3v) is 1.42. The van der Waals surface area contributed by atoms with Gasteiger partial charge in [0.1, 0.15) is 5.69 Å². The van der Waals surface area contributed by atoms with E-state index in [1.165, 1.54) is 0 Å². The van der Waals surface area contributed by atoms with E-state index in [2.05, 4.69) is 11.1 Å². The van der Waals surface area contributed by atoms with E-state index in [-0.39, 0.29) is 34.4 Å². The van der Waals surface area contributed by atoms with Crippen molar-refractivity contribution in [3.8, 4) is 0 Å². The van der Waals surface area contributed by atoms with Crippen LogP contribution in [0.15, 0.2) is 24.3 Å². The molecule has 0 aliphatic heterocycles. The van der Waals surface area contributed by atoms with Crippen LogP contribution in [-0.4, -0.2) is 13.0 Å². The van der Waals surface area contributed by atoms with Gasteiger partial charge in [-0.1, -0.05) is 13.5 Å². The van der Waals surface area contributed by atoms with Crippen LogP contribution in [-0.2, 0) is 21.1 Å². The summed E-state index contributed by atoms with van der Waals surface area (Å²) in [5.74, 6) is -0.0736. The van der Waals surface area contributed by atoms with Gasteiger partial charge in [0.05, 0.1) is 0 Å². The number of quaternary nitrogens is 1. The third-order valence-electron chi connectivity index (χ3n) is 1.42. The first-order valence-electron chi connectivity index (χ1n) is 3.38. The molecule has 1 amide bonds. The summed E-state index contributed by atoms with van der Waals surface area (Å²) in [5, 5.41) is 2.54. The summed E-state index contributed by atoms with van der Waals surface area (Å²) >= 11 is 0. The number of nitrogens with one attached hydrogen (secondary N) is 1. The maximum Gasteiger partial charge on any atom is 0.251 e. The molecular formula is C9H15N2OW+. The van der Waals surface area contributed by atoms with Crippen molar-refractivity contribution >= 4 is 11.6 Å². The van der Waals surface area contributed by atoms with Crippen LogP contribution in [0.25, 0.3) is 0 Å². The topological polar surface area (TPSA) is 56.7 Å². The fourth-order valence-corrected chi connectivity index (χ4v) is 0.857. The van der Waals surface area contributed by atoms with Gasteiger partial charge >= 0.3 is 0 Å². The van der Waals surface area contributed by atoms with Crippen LogP contribution in [0.5, 0.6) is 0 Å². The summed E-state index contributed by atoms with van der Waals surface area (Å²) in [7, 11) is 1.61. The van der Waals surface area contributed by atoms with E-state index in [0.29, 0.717) is 5.56 Å². The van der Waals surface area contributed by atoms with Crippen LogP contribution in [0, 0.1) is 0 Å². The normalized spacial score (nSPS) is 7.85. The van der Waals surface area contributed by atoms with E-state index in [1.807, 2.05) is 12.1 Å². The monoisotopic (exact) mass is 351 g/mol. The number of rotatable bonds is 1. The molecule has 0 aliphatic carbocycles. The molecule has 0 spiro atoms. The fourth-order valence-electron chi connectivity index (χ4n) is 0.857. The van der Waals surface area contributed by atoms with Crippen LogP contribution < -0.4 is 11.1 Å². The second kappa shape index (κ2) is 6.81. The molecule has 1 aromatic rings. The smallest absolute Gasteiger partial charge is 0.251 e. The van der Waals surface area contributed by atoms with Crippen molar-refractivity contribution in [1.29, 1.82) is 0 Å². The number of carbonyl (C=O) groups excluding carboxylic acids is 1. The van der Waals surface area contributed by atoms with Crippen LogP contribution in [0.3, 0.4) is 0 Å². The van der Waals surface area contributed by atoms with Crippen molar-refractivity contribution in [3.63, 3.8) is 0 Å². The second-order valence-electron chi connectivity index (χ2n) is 2.28. The Bertz CT molecular complexity index is 276.